The highest BCUT2D eigenvalue weighted by atomic mass is 32.1. The molecule has 0 saturated carbocycles. The summed E-state index contributed by atoms with van der Waals surface area (Å²) in [5.41, 5.74) is 7.11. The molecular weight excluding hydrogens is 361 g/mol. The van der Waals surface area contributed by atoms with Gasteiger partial charge in [-0.2, -0.15) is 13.2 Å². The van der Waals surface area contributed by atoms with Crippen LogP contribution in [0.3, 0.4) is 0 Å². The number of thiophene rings is 1. The molecule has 3 aromatic heterocycles. The number of pyridine rings is 1. The molecule has 0 fully saturated rings. The summed E-state index contributed by atoms with van der Waals surface area (Å²) in [7, 11) is 0. The van der Waals surface area contributed by atoms with E-state index in [-0.39, 0.29) is 5.82 Å². The summed E-state index contributed by atoms with van der Waals surface area (Å²) in [6, 6.07) is 10.6. The molecule has 2 N–H and O–H groups in total. The Morgan fingerprint density at radius 2 is 1.85 bits per heavy atom. The maximum Gasteiger partial charge on any atom is 0.416 e. The summed E-state index contributed by atoms with van der Waals surface area (Å²) >= 11 is 1.48. The third-order valence-corrected chi connectivity index (χ3v) is 4.80. The van der Waals surface area contributed by atoms with Crippen molar-refractivity contribution in [2.24, 2.45) is 0 Å². The topological polar surface area (TPSA) is 64.7 Å². The number of alkyl halides is 3. The van der Waals surface area contributed by atoms with Gasteiger partial charge in [-0.1, -0.05) is 18.2 Å². The van der Waals surface area contributed by atoms with Crippen LogP contribution in [0.25, 0.3) is 32.7 Å². The largest absolute Gasteiger partial charge is 0.416 e. The minimum atomic E-state index is -4.43. The van der Waals surface area contributed by atoms with Gasteiger partial charge in [0.25, 0.3) is 0 Å². The zero-order valence-corrected chi connectivity index (χ0v) is 14.0. The van der Waals surface area contributed by atoms with E-state index in [4.69, 9.17) is 5.73 Å². The summed E-state index contributed by atoms with van der Waals surface area (Å²) in [6.07, 6.45) is -3.14. The molecule has 4 rings (SSSR count). The van der Waals surface area contributed by atoms with E-state index in [1.54, 1.807) is 12.1 Å². The summed E-state index contributed by atoms with van der Waals surface area (Å²) in [6.45, 7) is 0. The Kier molecular flexibility index (Phi) is 3.84. The van der Waals surface area contributed by atoms with Crippen molar-refractivity contribution in [1.82, 2.24) is 15.0 Å². The number of aromatic nitrogens is 3. The van der Waals surface area contributed by atoms with Crippen LogP contribution in [0.4, 0.5) is 19.0 Å². The average Bonchev–Trinajstić information content (AvgIpc) is 3.15. The summed E-state index contributed by atoms with van der Waals surface area (Å²) in [5.74, 6) is 0.174. The van der Waals surface area contributed by atoms with Crippen LogP contribution in [0.2, 0.25) is 0 Å². The van der Waals surface area contributed by atoms with Crippen molar-refractivity contribution in [3.8, 4) is 21.7 Å². The highest BCUT2D eigenvalue weighted by Gasteiger charge is 2.30. The van der Waals surface area contributed by atoms with Crippen LogP contribution in [-0.4, -0.2) is 15.0 Å². The van der Waals surface area contributed by atoms with Crippen LogP contribution in [0.5, 0.6) is 0 Å². The number of anilines is 1. The van der Waals surface area contributed by atoms with Crippen LogP contribution in [-0.2, 0) is 6.18 Å². The van der Waals surface area contributed by atoms with Crippen molar-refractivity contribution in [2.75, 3.05) is 5.73 Å². The first kappa shape index (κ1) is 16.5. The number of hydrogen-bond donors (Lipinski definition) is 1. The molecule has 4 aromatic rings. The highest BCUT2D eigenvalue weighted by Crippen LogP contribution is 2.37. The van der Waals surface area contributed by atoms with Gasteiger partial charge in [-0.15, -0.1) is 11.3 Å². The van der Waals surface area contributed by atoms with Gasteiger partial charge in [0.2, 0.25) is 0 Å². The molecule has 3 heterocycles. The molecule has 0 bridgehead atoms. The number of rotatable bonds is 2. The van der Waals surface area contributed by atoms with Crippen LogP contribution in [0.1, 0.15) is 5.56 Å². The van der Waals surface area contributed by atoms with Gasteiger partial charge >= 0.3 is 6.18 Å². The number of nitrogens with two attached hydrogens (primary N) is 1. The van der Waals surface area contributed by atoms with E-state index in [0.29, 0.717) is 27.9 Å². The number of hydrogen-bond acceptors (Lipinski definition) is 5. The highest BCUT2D eigenvalue weighted by molar-refractivity contribution is 7.13. The van der Waals surface area contributed by atoms with Crippen LogP contribution >= 0.6 is 11.3 Å². The smallest absolute Gasteiger partial charge is 0.383 e. The zero-order valence-electron chi connectivity index (χ0n) is 13.2. The van der Waals surface area contributed by atoms with Crippen molar-refractivity contribution in [3.05, 3.63) is 59.7 Å². The lowest BCUT2D eigenvalue weighted by Gasteiger charge is -2.12. The van der Waals surface area contributed by atoms with E-state index in [1.807, 2.05) is 17.5 Å². The quantitative estimate of drug-likeness (QED) is 0.536. The maximum atomic E-state index is 13.1. The first-order valence-electron chi connectivity index (χ1n) is 7.56. The predicted octanol–water partition coefficient (Wildman–Crippen LogP) is 5.02. The predicted molar refractivity (Wildman–Crippen MR) is 95.5 cm³/mol. The van der Waals surface area contributed by atoms with Crippen molar-refractivity contribution >= 4 is 28.2 Å². The second-order valence-corrected chi connectivity index (χ2v) is 6.52. The summed E-state index contributed by atoms with van der Waals surface area (Å²) < 4.78 is 39.4. The van der Waals surface area contributed by atoms with Gasteiger partial charge < -0.3 is 5.73 Å². The van der Waals surface area contributed by atoms with Crippen LogP contribution in [0.15, 0.2) is 54.2 Å². The molecule has 0 radical (unpaired) electrons. The van der Waals surface area contributed by atoms with Gasteiger partial charge in [0.1, 0.15) is 12.1 Å². The van der Waals surface area contributed by atoms with E-state index in [0.717, 1.165) is 17.0 Å². The Hall–Kier alpha value is -3.00. The Balaban J connectivity index is 2.02. The average molecular weight is 372 g/mol. The fourth-order valence-electron chi connectivity index (χ4n) is 2.73. The SMILES string of the molecule is Nc1ncnc2nc(-c3cccs3)cc(-c3cccc(C(F)(F)F)c3)c12. The molecule has 130 valence electrons. The molecule has 0 spiro atoms. The van der Waals surface area contributed by atoms with E-state index in [9.17, 15) is 13.2 Å². The van der Waals surface area contributed by atoms with Crippen molar-refractivity contribution < 1.29 is 13.2 Å². The molecule has 0 saturated heterocycles. The Bertz CT molecular complexity index is 1090. The molecule has 0 amide bonds. The monoisotopic (exact) mass is 372 g/mol. The molecule has 0 aliphatic heterocycles. The van der Waals surface area contributed by atoms with Gasteiger partial charge in [-0.05, 0) is 40.8 Å². The second-order valence-electron chi connectivity index (χ2n) is 5.57. The molecule has 0 atom stereocenters. The molecule has 26 heavy (non-hydrogen) atoms. The third-order valence-electron chi connectivity index (χ3n) is 3.91. The van der Waals surface area contributed by atoms with Gasteiger partial charge in [0.05, 0.1) is 21.5 Å². The van der Waals surface area contributed by atoms with Crippen molar-refractivity contribution in [3.63, 3.8) is 0 Å². The Morgan fingerprint density at radius 3 is 2.58 bits per heavy atom. The van der Waals surface area contributed by atoms with E-state index in [2.05, 4.69) is 15.0 Å². The minimum absolute atomic E-state index is 0.174. The molecule has 0 unspecified atom stereocenters. The third kappa shape index (κ3) is 2.88. The number of nitrogens with zero attached hydrogens (tertiary/aromatic N) is 3. The molecule has 8 heteroatoms. The Labute approximate surface area is 150 Å². The first-order valence-corrected chi connectivity index (χ1v) is 8.44. The van der Waals surface area contributed by atoms with Gasteiger partial charge in [-0.25, -0.2) is 15.0 Å². The number of nitrogen functional groups attached to an aromatic ring is 1. The van der Waals surface area contributed by atoms with E-state index in [1.165, 1.54) is 23.7 Å². The van der Waals surface area contributed by atoms with Crippen LogP contribution < -0.4 is 5.73 Å². The second kappa shape index (κ2) is 6.06. The van der Waals surface area contributed by atoms with E-state index >= 15 is 0 Å². The molecule has 0 aliphatic rings. The molecular formula is C18H11F3N4S. The normalized spacial score (nSPS) is 11.8. The maximum absolute atomic E-state index is 13.1. The lowest BCUT2D eigenvalue weighted by Crippen LogP contribution is -2.05. The van der Waals surface area contributed by atoms with E-state index < -0.39 is 11.7 Å². The summed E-state index contributed by atoms with van der Waals surface area (Å²) in [5, 5.41) is 2.34. The lowest BCUT2D eigenvalue weighted by molar-refractivity contribution is -0.137. The molecule has 4 nitrogen and oxygen atoms in total. The van der Waals surface area contributed by atoms with Crippen LogP contribution in [0, 0.1) is 0 Å². The zero-order chi connectivity index (χ0) is 18.3. The van der Waals surface area contributed by atoms with Crippen molar-refractivity contribution in [2.45, 2.75) is 6.18 Å². The number of benzene rings is 1. The van der Waals surface area contributed by atoms with Gasteiger partial charge in [0.15, 0.2) is 5.65 Å². The standard InChI is InChI=1S/C18H11F3N4S/c19-18(20,21)11-4-1-3-10(7-11)12-8-13(14-5-2-6-26-14)25-17-15(12)16(22)23-9-24-17/h1-9H,(H2,22,23,24,25). The molecule has 0 aliphatic carbocycles. The number of fused-ring (bicyclic) bond motifs is 1. The fraction of sp³-hybridized carbons (Fsp3) is 0.0556. The number of halogens is 3. The Morgan fingerprint density at radius 1 is 1.00 bits per heavy atom. The van der Waals surface area contributed by atoms with Crippen molar-refractivity contribution in [1.29, 1.82) is 0 Å². The lowest BCUT2D eigenvalue weighted by atomic mass is 9.99. The minimum Gasteiger partial charge on any atom is -0.383 e. The molecule has 1 aromatic carbocycles. The fourth-order valence-corrected chi connectivity index (χ4v) is 3.42. The van der Waals surface area contributed by atoms with Gasteiger partial charge in [-0.3, -0.25) is 0 Å². The first-order chi connectivity index (χ1) is 12.4. The summed E-state index contributed by atoms with van der Waals surface area (Å²) in [4.78, 5) is 13.5. The van der Waals surface area contributed by atoms with Gasteiger partial charge in [0, 0.05) is 0 Å².